The van der Waals surface area contributed by atoms with Gasteiger partial charge in [0.1, 0.15) is 18.0 Å². The molecule has 0 aliphatic heterocycles. The van der Waals surface area contributed by atoms with E-state index in [4.69, 9.17) is 21.1 Å². The van der Waals surface area contributed by atoms with Crippen molar-refractivity contribution in [3.05, 3.63) is 52.0 Å². The molecule has 0 saturated heterocycles. The predicted molar refractivity (Wildman–Crippen MR) is 126 cm³/mol. The van der Waals surface area contributed by atoms with Crippen molar-refractivity contribution in [3.8, 4) is 11.5 Å². The Balaban J connectivity index is 1.82. The lowest BCUT2D eigenvalue weighted by Gasteiger charge is -2.26. The molecule has 0 unspecified atom stereocenters. The number of nitrogens with zero attached hydrogens (tertiary/aromatic N) is 1. The van der Waals surface area contributed by atoms with E-state index in [-0.39, 0.29) is 28.3 Å². The van der Waals surface area contributed by atoms with Crippen LogP contribution in [0.3, 0.4) is 0 Å². The number of anilines is 1. The van der Waals surface area contributed by atoms with Crippen LogP contribution in [0.1, 0.15) is 42.5 Å². The molecule has 2 aromatic carbocycles. The molecule has 32 heavy (non-hydrogen) atoms. The third kappa shape index (κ3) is 5.48. The van der Waals surface area contributed by atoms with Gasteiger partial charge in [-0.3, -0.25) is 9.10 Å². The van der Waals surface area contributed by atoms with Gasteiger partial charge in [0.25, 0.3) is 0 Å². The van der Waals surface area contributed by atoms with E-state index < -0.39 is 22.5 Å². The SMILES string of the molecule is COc1cc(N(CC(=O)N[C@H](C)c2ccc3c(c2)CCCC3)S(C)(=O)=O)c(OC)cc1Cl. The lowest BCUT2D eigenvalue weighted by atomic mass is 9.89. The summed E-state index contributed by atoms with van der Waals surface area (Å²) in [5, 5.41) is 3.18. The van der Waals surface area contributed by atoms with Gasteiger partial charge in [0, 0.05) is 12.1 Å². The lowest BCUT2D eigenvalue weighted by Crippen LogP contribution is -2.41. The van der Waals surface area contributed by atoms with Crippen molar-refractivity contribution >= 4 is 33.2 Å². The van der Waals surface area contributed by atoms with Crippen LogP contribution in [0.25, 0.3) is 0 Å². The first-order chi connectivity index (χ1) is 15.1. The summed E-state index contributed by atoms with van der Waals surface area (Å²) in [5.74, 6) is 0.0623. The minimum absolute atomic E-state index is 0.174. The number of sulfonamides is 1. The summed E-state index contributed by atoms with van der Waals surface area (Å²) < 4.78 is 36.6. The van der Waals surface area contributed by atoms with Crippen LogP contribution < -0.4 is 19.1 Å². The zero-order valence-electron chi connectivity index (χ0n) is 18.8. The maximum absolute atomic E-state index is 12.9. The molecular weight excluding hydrogens is 452 g/mol. The van der Waals surface area contributed by atoms with Gasteiger partial charge in [-0.15, -0.1) is 0 Å². The number of hydrogen-bond donors (Lipinski definition) is 1. The molecule has 0 bridgehead atoms. The molecule has 0 fully saturated rings. The molecule has 174 valence electrons. The van der Waals surface area contributed by atoms with Gasteiger partial charge < -0.3 is 14.8 Å². The molecule has 0 radical (unpaired) electrons. The van der Waals surface area contributed by atoms with Crippen LogP contribution in [0, 0.1) is 0 Å². The number of nitrogens with one attached hydrogen (secondary N) is 1. The number of carbonyl (C=O) groups is 1. The van der Waals surface area contributed by atoms with Gasteiger partial charge in [-0.05, 0) is 49.3 Å². The van der Waals surface area contributed by atoms with Crippen molar-refractivity contribution < 1.29 is 22.7 Å². The number of halogens is 1. The second kappa shape index (κ2) is 10.0. The highest BCUT2D eigenvalue weighted by atomic mass is 35.5. The van der Waals surface area contributed by atoms with Crippen LogP contribution in [0.5, 0.6) is 11.5 Å². The van der Waals surface area contributed by atoms with E-state index in [0.29, 0.717) is 0 Å². The summed E-state index contributed by atoms with van der Waals surface area (Å²) in [6.07, 6.45) is 5.55. The van der Waals surface area contributed by atoms with Crippen molar-refractivity contribution in [2.45, 2.75) is 38.6 Å². The van der Waals surface area contributed by atoms with Gasteiger partial charge in [0.2, 0.25) is 15.9 Å². The molecule has 0 aromatic heterocycles. The fourth-order valence-electron chi connectivity index (χ4n) is 3.94. The summed E-state index contributed by atoms with van der Waals surface area (Å²) in [5.41, 5.74) is 3.86. The van der Waals surface area contributed by atoms with E-state index in [1.807, 2.05) is 13.0 Å². The third-order valence-electron chi connectivity index (χ3n) is 5.66. The number of fused-ring (bicyclic) bond motifs is 1. The van der Waals surface area contributed by atoms with Crippen molar-refractivity contribution in [2.75, 3.05) is 31.3 Å². The third-order valence-corrected chi connectivity index (χ3v) is 7.08. The molecule has 1 atom stereocenters. The summed E-state index contributed by atoms with van der Waals surface area (Å²) in [7, 11) is -0.973. The number of carbonyl (C=O) groups excluding carboxylic acids is 1. The maximum Gasteiger partial charge on any atom is 0.241 e. The number of rotatable bonds is 8. The van der Waals surface area contributed by atoms with Crippen LogP contribution >= 0.6 is 11.6 Å². The second-order valence-electron chi connectivity index (χ2n) is 7.95. The Kier molecular flexibility index (Phi) is 7.56. The molecule has 0 heterocycles. The van der Waals surface area contributed by atoms with Crippen LogP contribution in [-0.2, 0) is 27.7 Å². The van der Waals surface area contributed by atoms with Crippen molar-refractivity contribution in [1.29, 1.82) is 0 Å². The minimum Gasteiger partial charge on any atom is -0.495 e. The molecule has 1 aliphatic rings. The fourth-order valence-corrected chi connectivity index (χ4v) is 5.03. The topological polar surface area (TPSA) is 84.9 Å². The Morgan fingerprint density at radius 1 is 1.09 bits per heavy atom. The molecule has 1 aliphatic carbocycles. The van der Waals surface area contributed by atoms with Gasteiger partial charge in [-0.2, -0.15) is 0 Å². The van der Waals surface area contributed by atoms with Gasteiger partial charge in [0.15, 0.2) is 0 Å². The van der Waals surface area contributed by atoms with Crippen LogP contribution in [0.15, 0.2) is 30.3 Å². The van der Waals surface area contributed by atoms with Crippen molar-refractivity contribution in [2.24, 2.45) is 0 Å². The zero-order chi connectivity index (χ0) is 23.5. The molecule has 7 nitrogen and oxygen atoms in total. The summed E-state index contributed by atoms with van der Waals surface area (Å²) >= 11 is 6.14. The second-order valence-corrected chi connectivity index (χ2v) is 10.3. The number of amides is 1. The first-order valence-corrected chi connectivity index (χ1v) is 12.7. The Bertz CT molecular complexity index is 1100. The number of ether oxygens (including phenoxy) is 2. The van der Waals surface area contributed by atoms with E-state index in [2.05, 4.69) is 17.4 Å². The summed E-state index contributed by atoms with van der Waals surface area (Å²) in [6.45, 7) is 1.48. The van der Waals surface area contributed by atoms with E-state index in [1.165, 1.54) is 50.3 Å². The number of benzene rings is 2. The number of aryl methyl sites for hydroxylation is 2. The monoisotopic (exact) mass is 480 g/mol. The molecule has 0 spiro atoms. The summed E-state index contributed by atoms with van der Waals surface area (Å²) in [4.78, 5) is 12.9. The van der Waals surface area contributed by atoms with Gasteiger partial charge in [0.05, 0.1) is 37.2 Å². The standard InChI is InChI=1S/C23H29ClN2O5S/c1-15(17-10-9-16-7-5-6-8-18(16)11-17)25-23(27)14-26(32(4,28)29)20-13-21(30-2)19(24)12-22(20)31-3/h9-13,15H,5-8,14H2,1-4H3,(H,25,27)/t15-/m1/s1. The molecule has 2 aromatic rings. The zero-order valence-corrected chi connectivity index (χ0v) is 20.3. The number of hydrogen-bond acceptors (Lipinski definition) is 5. The highest BCUT2D eigenvalue weighted by Crippen LogP contribution is 2.39. The lowest BCUT2D eigenvalue weighted by molar-refractivity contribution is -0.120. The Morgan fingerprint density at radius 2 is 1.75 bits per heavy atom. The quantitative estimate of drug-likeness (QED) is 0.619. The van der Waals surface area contributed by atoms with Gasteiger partial charge in [-0.1, -0.05) is 29.8 Å². The smallest absolute Gasteiger partial charge is 0.241 e. The number of methoxy groups -OCH3 is 2. The molecule has 9 heteroatoms. The Morgan fingerprint density at radius 3 is 2.38 bits per heavy atom. The predicted octanol–water partition coefficient (Wildman–Crippen LogP) is 3.88. The average molecular weight is 481 g/mol. The van der Waals surface area contributed by atoms with E-state index >= 15 is 0 Å². The van der Waals surface area contributed by atoms with Crippen LogP contribution in [0.2, 0.25) is 5.02 Å². The first-order valence-electron chi connectivity index (χ1n) is 10.4. The highest BCUT2D eigenvalue weighted by molar-refractivity contribution is 7.92. The molecule has 1 amide bonds. The molecule has 3 rings (SSSR count). The first kappa shape index (κ1) is 24.2. The summed E-state index contributed by atoms with van der Waals surface area (Å²) in [6, 6.07) is 8.93. The van der Waals surface area contributed by atoms with Crippen molar-refractivity contribution in [1.82, 2.24) is 5.32 Å². The normalized spacial score (nSPS) is 14.3. The average Bonchev–Trinajstić information content (AvgIpc) is 2.76. The van der Waals surface area contributed by atoms with E-state index in [0.717, 1.165) is 29.0 Å². The fraction of sp³-hybridized carbons (Fsp3) is 0.435. The highest BCUT2D eigenvalue weighted by Gasteiger charge is 2.26. The van der Waals surface area contributed by atoms with Crippen LogP contribution in [0.4, 0.5) is 5.69 Å². The van der Waals surface area contributed by atoms with E-state index in [9.17, 15) is 13.2 Å². The largest absolute Gasteiger partial charge is 0.495 e. The molecule has 0 saturated carbocycles. The van der Waals surface area contributed by atoms with Crippen molar-refractivity contribution in [3.63, 3.8) is 0 Å². The Hall–Kier alpha value is -2.45. The molecular formula is C23H29ClN2O5S. The minimum atomic E-state index is -3.80. The van der Waals surface area contributed by atoms with E-state index in [1.54, 1.807) is 0 Å². The van der Waals surface area contributed by atoms with Gasteiger partial charge >= 0.3 is 0 Å². The Labute approximate surface area is 194 Å². The van der Waals surface area contributed by atoms with Crippen LogP contribution in [-0.4, -0.2) is 41.3 Å². The van der Waals surface area contributed by atoms with Gasteiger partial charge in [-0.25, -0.2) is 8.42 Å². The maximum atomic E-state index is 12.9. The molecule has 1 N–H and O–H groups in total.